The van der Waals surface area contributed by atoms with Crippen LogP contribution in [0.25, 0.3) is 11.8 Å². The van der Waals surface area contributed by atoms with Crippen molar-refractivity contribution in [3.63, 3.8) is 0 Å². The monoisotopic (exact) mass is 148 g/mol. The molecule has 0 saturated heterocycles. The van der Waals surface area contributed by atoms with E-state index in [0.717, 1.165) is 17.0 Å². The Labute approximate surface area is 66.4 Å². The predicted octanol–water partition coefficient (Wildman–Crippen LogP) is 1.90. The summed E-state index contributed by atoms with van der Waals surface area (Å²) in [7, 11) is 0. The van der Waals surface area contributed by atoms with Gasteiger partial charge in [0, 0.05) is 22.6 Å². The first-order chi connectivity index (χ1) is 5.15. The summed E-state index contributed by atoms with van der Waals surface area (Å²) < 4.78 is 0. The lowest BCUT2D eigenvalue weighted by Crippen LogP contribution is -1.93. The lowest BCUT2D eigenvalue weighted by Gasteiger charge is -1.95. The zero-order valence-electron chi connectivity index (χ0n) is 6.65. The van der Waals surface area contributed by atoms with Crippen molar-refractivity contribution < 1.29 is 0 Å². The molecule has 11 heavy (non-hydrogen) atoms. The summed E-state index contributed by atoms with van der Waals surface area (Å²) >= 11 is 0. The molecule has 0 atom stereocenters. The van der Waals surface area contributed by atoms with Gasteiger partial charge in [0.2, 0.25) is 0 Å². The standard InChI is InChI=1S/C9H12N2/c1-4-9-8(7(3)10)5-6(2)11-9/h4-5,11H,1,3,10H2,2H3. The van der Waals surface area contributed by atoms with Crippen LogP contribution in [0.5, 0.6) is 0 Å². The number of rotatable bonds is 2. The van der Waals surface area contributed by atoms with Crippen LogP contribution in [0, 0.1) is 6.92 Å². The van der Waals surface area contributed by atoms with Crippen molar-refractivity contribution >= 4 is 11.8 Å². The number of H-pyrrole nitrogens is 1. The van der Waals surface area contributed by atoms with Crippen LogP contribution in [0.4, 0.5) is 0 Å². The van der Waals surface area contributed by atoms with Crippen molar-refractivity contribution in [1.82, 2.24) is 4.98 Å². The molecule has 2 heteroatoms. The second-order valence-corrected chi connectivity index (χ2v) is 2.51. The van der Waals surface area contributed by atoms with Crippen LogP contribution in [-0.4, -0.2) is 4.98 Å². The first-order valence-corrected chi connectivity index (χ1v) is 3.42. The molecule has 0 aliphatic rings. The molecule has 0 amide bonds. The highest BCUT2D eigenvalue weighted by Gasteiger charge is 2.02. The highest BCUT2D eigenvalue weighted by Crippen LogP contribution is 2.15. The van der Waals surface area contributed by atoms with Crippen molar-refractivity contribution in [3.8, 4) is 0 Å². The normalized spacial score (nSPS) is 9.55. The molecule has 1 rings (SSSR count). The van der Waals surface area contributed by atoms with E-state index in [1.807, 2.05) is 13.0 Å². The van der Waals surface area contributed by atoms with Crippen molar-refractivity contribution in [2.24, 2.45) is 5.73 Å². The van der Waals surface area contributed by atoms with Crippen LogP contribution in [0.1, 0.15) is 17.0 Å². The maximum Gasteiger partial charge on any atom is 0.0470 e. The Hall–Kier alpha value is -1.44. The van der Waals surface area contributed by atoms with Gasteiger partial charge in [-0.1, -0.05) is 13.2 Å². The Kier molecular flexibility index (Phi) is 1.85. The smallest absolute Gasteiger partial charge is 0.0470 e. The van der Waals surface area contributed by atoms with E-state index >= 15 is 0 Å². The summed E-state index contributed by atoms with van der Waals surface area (Å²) in [5.74, 6) is 0. The van der Waals surface area contributed by atoms with Crippen LogP contribution in [-0.2, 0) is 0 Å². The third-order valence-electron chi connectivity index (χ3n) is 1.53. The quantitative estimate of drug-likeness (QED) is 0.660. The minimum atomic E-state index is 0.573. The van der Waals surface area contributed by atoms with Gasteiger partial charge in [0.15, 0.2) is 0 Å². The van der Waals surface area contributed by atoms with E-state index in [1.54, 1.807) is 6.08 Å². The number of hydrogen-bond donors (Lipinski definition) is 2. The Morgan fingerprint density at radius 3 is 2.73 bits per heavy atom. The number of aromatic nitrogens is 1. The number of nitrogens with two attached hydrogens (primary N) is 1. The topological polar surface area (TPSA) is 41.8 Å². The van der Waals surface area contributed by atoms with E-state index in [1.165, 1.54) is 0 Å². The van der Waals surface area contributed by atoms with E-state index in [-0.39, 0.29) is 0 Å². The lowest BCUT2D eigenvalue weighted by atomic mass is 10.2. The second kappa shape index (κ2) is 2.66. The Bertz CT molecular complexity index is 295. The molecule has 0 spiro atoms. The highest BCUT2D eigenvalue weighted by atomic mass is 14.7. The highest BCUT2D eigenvalue weighted by molar-refractivity contribution is 5.69. The zero-order chi connectivity index (χ0) is 8.43. The molecule has 0 aliphatic carbocycles. The van der Waals surface area contributed by atoms with Gasteiger partial charge in [0.25, 0.3) is 0 Å². The molecule has 0 bridgehead atoms. The first-order valence-electron chi connectivity index (χ1n) is 3.42. The fourth-order valence-corrected chi connectivity index (χ4v) is 1.04. The number of aryl methyl sites for hydroxylation is 1. The van der Waals surface area contributed by atoms with Gasteiger partial charge >= 0.3 is 0 Å². The number of aromatic amines is 1. The van der Waals surface area contributed by atoms with Crippen molar-refractivity contribution in [1.29, 1.82) is 0 Å². The van der Waals surface area contributed by atoms with Crippen molar-refractivity contribution in [2.75, 3.05) is 0 Å². The molecule has 3 N–H and O–H groups in total. The van der Waals surface area contributed by atoms with Gasteiger partial charge in [0.1, 0.15) is 0 Å². The summed E-state index contributed by atoms with van der Waals surface area (Å²) in [6.45, 7) is 9.29. The first kappa shape index (κ1) is 7.66. The Morgan fingerprint density at radius 1 is 1.73 bits per heavy atom. The molecular weight excluding hydrogens is 136 g/mol. The molecule has 58 valence electrons. The van der Waals surface area contributed by atoms with E-state index < -0.39 is 0 Å². The summed E-state index contributed by atoms with van der Waals surface area (Å²) in [6, 6.07) is 1.96. The predicted molar refractivity (Wildman–Crippen MR) is 48.8 cm³/mol. The summed E-state index contributed by atoms with van der Waals surface area (Å²) in [5.41, 5.74) is 9.07. The van der Waals surface area contributed by atoms with E-state index in [9.17, 15) is 0 Å². The molecule has 0 radical (unpaired) electrons. The molecule has 0 aromatic carbocycles. The van der Waals surface area contributed by atoms with E-state index in [0.29, 0.717) is 5.70 Å². The minimum absolute atomic E-state index is 0.573. The molecular formula is C9H12N2. The molecule has 0 fully saturated rings. The Balaban J connectivity index is 3.22. The van der Waals surface area contributed by atoms with Gasteiger partial charge in [-0.05, 0) is 19.1 Å². The molecule has 0 saturated carbocycles. The summed E-state index contributed by atoms with van der Waals surface area (Å²) in [6.07, 6.45) is 1.74. The maximum absolute atomic E-state index is 5.54. The SMILES string of the molecule is C=Cc1[nH]c(C)cc1C(=C)N. The Morgan fingerprint density at radius 2 is 2.36 bits per heavy atom. The number of hydrogen-bond acceptors (Lipinski definition) is 1. The minimum Gasteiger partial charge on any atom is -0.399 e. The average Bonchev–Trinajstić information content (AvgIpc) is 2.30. The zero-order valence-corrected chi connectivity index (χ0v) is 6.65. The summed E-state index contributed by atoms with van der Waals surface area (Å²) in [4.78, 5) is 3.12. The number of nitrogens with one attached hydrogen (secondary N) is 1. The average molecular weight is 148 g/mol. The molecule has 0 aliphatic heterocycles. The van der Waals surface area contributed by atoms with Crippen LogP contribution in [0.3, 0.4) is 0 Å². The molecule has 0 unspecified atom stereocenters. The molecule has 1 heterocycles. The van der Waals surface area contributed by atoms with Gasteiger partial charge in [-0.25, -0.2) is 0 Å². The second-order valence-electron chi connectivity index (χ2n) is 2.51. The fourth-order valence-electron chi connectivity index (χ4n) is 1.04. The third-order valence-corrected chi connectivity index (χ3v) is 1.53. The lowest BCUT2D eigenvalue weighted by molar-refractivity contribution is 1.25. The van der Waals surface area contributed by atoms with Crippen LogP contribution < -0.4 is 5.73 Å². The van der Waals surface area contributed by atoms with Crippen molar-refractivity contribution in [3.05, 3.63) is 36.2 Å². The van der Waals surface area contributed by atoms with E-state index in [2.05, 4.69) is 18.1 Å². The van der Waals surface area contributed by atoms with E-state index in [4.69, 9.17) is 5.73 Å². The van der Waals surface area contributed by atoms with Crippen LogP contribution >= 0.6 is 0 Å². The molecule has 1 aromatic heterocycles. The van der Waals surface area contributed by atoms with Gasteiger partial charge < -0.3 is 10.7 Å². The molecule has 1 aromatic rings. The largest absolute Gasteiger partial charge is 0.399 e. The van der Waals surface area contributed by atoms with Gasteiger partial charge in [-0.2, -0.15) is 0 Å². The van der Waals surface area contributed by atoms with Crippen LogP contribution in [0.2, 0.25) is 0 Å². The maximum atomic E-state index is 5.54. The van der Waals surface area contributed by atoms with Crippen molar-refractivity contribution in [2.45, 2.75) is 6.92 Å². The summed E-state index contributed by atoms with van der Waals surface area (Å²) in [5, 5.41) is 0. The van der Waals surface area contributed by atoms with Gasteiger partial charge in [0.05, 0.1) is 0 Å². The van der Waals surface area contributed by atoms with Crippen LogP contribution in [0.15, 0.2) is 19.2 Å². The third kappa shape index (κ3) is 1.34. The fraction of sp³-hybridized carbons (Fsp3) is 0.111. The molecule has 2 nitrogen and oxygen atoms in total. The van der Waals surface area contributed by atoms with Gasteiger partial charge in [-0.3, -0.25) is 0 Å². The van der Waals surface area contributed by atoms with Gasteiger partial charge in [-0.15, -0.1) is 0 Å².